The number of rotatable bonds is 12. The Bertz CT molecular complexity index is 4440. The van der Waals surface area contributed by atoms with Gasteiger partial charge in [-0.05, 0) is 161 Å². The van der Waals surface area contributed by atoms with Crippen LogP contribution in [0.15, 0.2) is 109 Å². The second-order valence-corrected chi connectivity index (χ2v) is 25.0. The van der Waals surface area contributed by atoms with Gasteiger partial charge in [-0.2, -0.15) is 0 Å². The first kappa shape index (κ1) is 58.4. The summed E-state index contributed by atoms with van der Waals surface area (Å²) in [5, 5.41) is 18.1. The van der Waals surface area contributed by atoms with Gasteiger partial charge in [0.2, 0.25) is 0 Å². The summed E-state index contributed by atoms with van der Waals surface area (Å²) >= 11 is 0. The molecule has 0 radical (unpaired) electrons. The van der Waals surface area contributed by atoms with E-state index in [1.54, 1.807) is 44.6 Å². The number of fused-ring (bicyclic) bond motifs is 12. The summed E-state index contributed by atoms with van der Waals surface area (Å²) in [6.07, 6.45) is 12.1. The molecule has 0 atom stereocenters. The molecule has 14 rings (SSSR count). The van der Waals surface area contributed by atoms with E-state index in [9.17, 15) is 24.3 Å². The van der Waals surface area contributed by atoms with Crippen molar-refractivity contribution < 1.29 is 48.0 Å². The van der Waals surface area contributed by atoms with Crippen molar-refractivity contribution in [2.75, 3.05) is 34.5 Å². The molecule has 5 N–H and O–H groups in total. The van der Waals surface area contributed by atoms with E-state index in [-0.39, 0.29) is 17.4 Å². The van der Waals surface area contributed by atoms with E-state index in [0.29, 0.717) is 88.5 Å². The normalized spacial score (nSPS) is 15.3. The molecule has 6 heterocycles. The van der Waals surface area contributed by atoms with Gasteiger partial charge < -0.3 is 58.5 Å². The highest BCUT2D eigenvalue weighted by Crippen LogP contribution is 2.50. The van der Waals surface area contributed by atoms with E-state index in [4.69, 9.17) is 28.7 Å². The molecule has 6 aromatic carbocycles. The van der Waals surface area contributed by atoms with Crippen LogP contribution in [0.2, 0.25) is 0 Å². The summed E-state index contributed by atoms with van der Waals surface area (Å²) in [5.41, 5.74) is 12.0. The Hall–Kier alpha value is -9.58. The number of H-pyrrole nitrogens is 2. The second-order valence-electron chi connectivity index (χ2n) is 25.0. The number of aromatic carboxylic acids is 1. The highest BCUT2D eigenvalue weighted by molar-refractivity contribution is 6.03. The van der Waals surface area contributed by atoms with Crippen molar-refractivity contribution in [1.29, 1.82) is 0 Å². The fourth-order valence-electron chi connectivity index (χ4n) is 13.9. The topological polar surface area (TPSA) is 226 Å². The van der Waals surface area contributed by atoms with Crippen LogP contribution in [0.1, 0.15) is 168 Å². The summed E-state index contributed by atoms with van der Waals surface area (Å²) in [6, 6.07) is 34.2. The summed E-state index contributed by atoms with van der Waals surface area (Å²) in [5.74, 6) is 3.40. The van der Waals surface area contributed by atoms with Crippen molar-refractivity contribution in [3.63, 3.8) is 0 Å². The van der Waals surface area contributed by atoms with E-state index < -0.39 is 23.0 Å². The number of carboxylic acid groups (broad SMARTS) is 1. The number of carboxylic acids is 1. The lowest BCUT2D eigenvalue weighted by atomic mass is 9.81. The van der Waals surface area contributed by atoms with Crippen molar-refractivity contribution in [3.05, 3.63) is 154 Å². The average molecular weight is 1200 g/mol. The molecule has 0 unspecified atom stereocenters. The van der Waals surface area contributed by atoms with Crippen LogP contribution >= 0.6 is 0 Å². The van der Waals surface area contributed by atoms with Crippen LogP contribution in [0.4, 0.5) is 0 Å². The number of aromatic amines is 2. The molecule has 0 bridgehead atoms. The number of hydrogen-bond donors (Lipinski definition) is 5. The van der Waals surface area contributed by atoms with Crippen LogP contribution in [0.5, 0.6) is 23.0 Å². The Morgan fingerprint density at radius 1 is 0.539 bits per heavy atom. The minimum absolute atomic E-state index is 0.175. The van der Waals surface area contributed by atoms with Crippen LogP contribution in [-0.2, 0) is 28.9 Å². The summed E-state index contributed by atoms with van der Waals surface area (Å²) < 4.78 is 33.0. The maximum absolute atomic E-state index is 13.8. The van der Waals surface area contributed by atoms with Gasteiger partial charge in [-0.15, -0.1) is 0 Å². The van der Waals surface area contributed by atoms with Gasteiger partial charge in [-0.25, -0.2) is 19.6 Å². The second kappa shape index (κ2) is 23.5. The molecule has 2 amide bonds. The molecule has 2 fully saturated rings. The Balaban J connectivity index is 0.000000164. The first-order valence-corrected chi connectivity index (χ1v) is 30.9. The number of carbonyl (C=O) groups is 4. The van der Waals surface area contributed by atoms with Gasteiger partial charge in [-0.3, -0.25) is 9.59 Å². The van der Waals surface area contributed by atoms with Gasteiger partial charge in [-0.1, -0.05) is 50.7 Å². The molecule has 458 valence electrons. The molecule has 4 aromatic heterocycles. The molecule has 2 aliphatic heterocycles. The van der Waals surface area contributed by atoms with Crippen LogP contribution in [0.25, 0.3) is 66.4 Å². The number of aromatic nitrogens is 6. The third-order valence-corrected chi connectivity index (χ3v) is 18.5. The fraction of sp³-hybridized carbons (Fsp3) is 0.352. The van der Waals surface area contributed by atoms with Crippen LogP contribution in [0.3, 0.4) is 0 Å². The van der Waals surface area contributed by atoms with Crippen LogP contribution in [-0.4, -0.2) is 92.5 Å². The Morgan fingerprint density at radius 3 is 1.39 bits per heavy atom. The van der Waals surface area contributed by atoms with Gasteiger partial charge in [0.05, 0.1) is 90.1 Å². The molecule has 89 heavy (non-hydrogen) atoms. The van der Waals surface area contributed by atoms with Gasteiger partial charge in [0, 0.05) is 56.2 Å². The zero-order chi connectivity index (χ0) is 61.9. The summed E-state index contributed by atoms with van der Waals surface area (Å²) in [6.45, 7) is 9.97. The molecule has 2 aliphatic carbocycles. The molecular weight excluding hydrogens is 1120 g/mol. The number of imidazole rings is 2. The largest absolute Gasteiger partial charge is 0.497 e. The lowest BCUT2D eigenvalue weighted by Gasteiger charge is -2.24. The monoisotopic (exact) mass is 1200 g/mol. The first-order valence-electron chi connectivity index (χ1n) is 30.9. The van der Waals surface area contributed by atoms with Gasteiger partial charge in [0.25, 0.3) is 11.8 Å². The SMILES string of the molecule is COC(=O)c1ccc2nc(C(C)(C)NC(=O)c3ccc4c(C5CCCCC5)c5n(c4c3)CCOc3cc(OC)ccc3-5)[nH]c2c1.COc1ccc2c(c1)OCCn1c-2c(C2CCCCC2)c2ccc(C(=O)NC(C)(C)c3nc4ccc(C(=O)O)cc4[nH]3)cc21. The van der Waals surface area contributed by atoms with Crippen LogP contribution < -0.4 is 29.6 Å². The Labute approximate surface area is 515 Å². The van der Waals surface area contributed by atoms with E-state index in [1.165, 1.54) is 85.0 Å². The van der Waals surface area contributed by atoms with E-state index in [0.717, 1.165) is 70.8 Å². The van der Waals surface area contributed by atoms with Crippen LogP contribution in [0, 0.1) is 0 Å². The number of benzene rings is 6. The third kappa shape index (κ3) is 11.0. The summed E-state index contributed by atoms with van der Waals surface area (Å²) in [4.78, 5) is 66.9. The van der Waals surface area contributed by atoms with Gasteiger partial charge in [0.1, 0.15) is 47.9 Å². The van der Waals surface area contributed by atoms with Crippen molar-refractivity contribution >= 4 is 67.6 Å². The maximum atomic E-state index is 13.8. The van der Waals surface area contributed by atoms with E-state index >= 15 is 0 Å². The quantitative estimate of drug-likeness (QED) is 0.0720. The number of amides is 2. The first-order chi connectivity index (χ1) is 43.0. The number of nitrogens with one attached hydrogen (secondary N) is 4. The third-order valence-electron chi connectivity index (χ3n) is 18.5. The predicted octanol–water partition coefficient (Wildman–Crippen LogP) is 14.1. The molecule has 0 saturated heterocycles. The van der Waals surface area contributed by atoms with E-state index in [2.05, 4.69) is 59.0 Å². The van der Waals surface area contributed by atoms with Crippen molar-refractivity contribution in [3.8, 4) is 45.5 Å². The average Bonchev–Trinajstić information content (AvgIpc) is 1.61. The molecule has 10 aromatic rings. The van der Waals surface area contributed by atoms with Crippen molar-refractivity contribution in [2.24, 2.45) is 0 Å². The number of nitrogens with zero attached hydrogens (tertiary/aromatic N) is 4. The molecule has 0 spiro atoms. The molecular formula is C71H74N8O10. The highest BCUT2D eigenvalue weighted by Gasteiger charge is 2.35. The maximum Gasteiger partial charge on any atom is 0.337 e. The molecule has 18 heteroatoms. The Kier molecular flexibility index (Phi) is 15.4. The fourth-order valence-corrected chi connectivity index (χ4v) is 13.9. The van der Waals surface area contributed by atoms with Gasteiger partial charge >= 0.3 is 11.9 Å². The highest BCUT2D eigenvalue weighted by atomic mass is 16.5. The minimum Gasteiger partial charge on any atom is -0.497 e. The standard InChI is InChI=1S/C36H38N4O5.C35H36N4O5/c1-36(2,35-37-27-15-11-23(34(42)44-4)18-28(27)38-35)39-33(41)22-10-13-25-29(19-22)40-16-17-45-30-20-24(43-3)12-14-26(30)32(40)31(25)21-8-6-5-7-9-21;1-35(2,34-36-26-14-10-22(33(41)42)17-27(26)37-34)38-32(40)21-9-12-24-28(18-21)39-15-16-44-29-19-23(43-3)11-13-25(29)31(39)30(24)20-7-5-4-6-8-20/h10-15,18-21H,5-9,16-17H2,1-4H3,(H,37,38)(H,39,41);9-14,17-20H,4-8,15-16H2,1-3H3,(H,36,37)(H,38,40)(H,41,42). The smallest absolute Gasteiger partial charge is 0.337 e. The molecule has 18 nitrogen and oxygen atoms in total. The number of methoxy groups -OCH3 is 3. The Morgan fingerprint density at radius 2 is 0.966 bits per heavy atom. The minimum atomic E-state index is -1.00. The lowest BCUT2D eigenvalue weighted by molar-refractivity contribution is 0.0599. The molecule has 4 aliphatic rings. The number of carbonyl (C=O) groups excluding carboxylic acids is 3. The number of hydrogen-bond acceptors (Lipinski definition) is 11. The van der Waals surface area contributed by atoms with Crippen molar-refractivity contribution in [2.45, 2.75) is 128 Å². The lowest BCUT2D eigenvalue weighted by Crippen LogP contribution is -2.41. The zero-order valence-corrected chi connectivity index (χ0v) is 51.4. The van der Waals surface area contributed by atoms with Gasteiger partial charge in [0.15, 0.2) is 0 Å². The predicted molar refractivity (Wildman–Crippen MR) is 342 cm³/mol. The number of esters is 1. The van der Waals surface area contributed by atoms with E-state index in [1.807, 2.05) is 76.2 Å². The summed E-state index contributed by atoms with van der Waals surface area (Å²) in [7, 11) is 4.69. The van der Waals surface area contributed by atoms with Crippen molar-refractivity contribution in [1.82, 2.24) is 39.7 Å². The zero-order valence-electron chi connectivity index (χ0n) is 51.4. The molecule has 2 saturated carbocycles. The number of ether oxygens (including phenoxy) is 5.